The first kappa shape index (κ1) is 16.1. The van der Waals surface area contributed by atoms with E-state index in [9.17, 15) is 13.6 Å². The first-order chi connectivity index (χ1) is 8.85. The first-order valence-electron chi connectivity index (χ1n) is 5.12. The molecule has 0 aromatic heterocycles. The average Bonchev–Trinajstić information content (AvgIpc) is 2.32. The molecule has 0 saturated heterocycles. The highest BCUT2D eigenvalue weighted by molar-refractivity contribution is 9.10. The van der Waals surface area contributed by atoms with E-state index >= 15 is 0 Å². The molecule has 106 valence electrons. The van der Waals surface area contributed by atoms with Gasteiger partial charge in [0.15, 0.2) is 5.75 Å². The lowest BCUT2D eigenvalue weighted by molar-refractivity contribution is -0.124. The van der Waals surface area contributed by atoms with Crippen molar-refractivity contribution >= 4 is 39.1 Å². The van der Waals surface area contributed by atoms with Gasteiger partial charge in [0, 0.05) is 12.1 Å². The highest BCUT2D eigenvalue weighted by atomic mass is 79.9. The zero-order chi connectivity index (χ0) is 14.6. The predicted molar refractivity (Wildman–Crippen MR) is 70.9 cm³/mol. The fourth-order valence-electron chi connectivity index (χ4n) is 1.20. The highest BCUT2D eigenvalue weighted by Crippen LogP contribution is 2.37. The van der Waals surface area contributed by atoms with Gasteiger partial charge >= 0.3 is 6.61 Å². The van der Waals surface area contributed by atoms with Gasteiger partial charge in [0.25, 0.3) is 5.91 Å². The van der Waals surface area contributed by atoms with E-state index in [4.69, 9.17) is 16.3 Å². The normalized spacial score (nSPS) is 12.4. The van der Waals surface area contributed by atoms with Crippen LogP contribution in [0.15, 0.2) is 16.6 Å². The number of nitrogens with one attached hydrogen (secondary N) is 1. The molecule has 0 aliphatic heterocycles. The highest BCUT2D eigenvalue weighted by Gasteiger charge is 2.19. The Morgan fingerprint density at radius 3 is 2.63 bits per heavy atom. The molecule has 1 aromatic carbocycles. The molecule has 0 radical (unpaired) electrons. The standard InChI is InChI=1S/C11H11BrClF2NO3/c1-5(18-2)10(17)16-8-4-6(13)3-7(12)9(8)19-11(14)15/h3-5,11H,1-2H3,(H,16,17). The summed E-state index contributed by atoms with van der Waals surface area (Å²) in [6.45, 7) is -1.50. The number of hydrogen-bond acceptors (Lipinski definition) is 3. The smallest absolute Gasteiger partial charge is 0.387 e. The molecule has 0 saturated carbocycles. The number of ether oxygens (including phenoxy) is 2. The van der Waals surface area contributed by atoms with E-state index in [1.807, 2.05) is 0 Å². The molecule has 0 heterocycles. The summed E-state index contributed by atoms with van der Waals surface area (Å²) in [4.78, 5) is 11.7. The Morgan fingerprint density at radius 2 is 2.11 bits per heavy atom. The van der Waals surface area contributed by atoms with Crippen LogP contribution in [0.25, 0.3) is 0 Å². The van der Waals surface area contributed by atoms with Crippen LogP contribution in [0.4, 0.5) is 14.5 Å². The van der Waals surface area contributed by atoms with Crippen LogP contribution in [0.2, 0.25) is 5.02 Å². The third kappa shape index (κ3) is 4.59. The lowest BCUT2D eigenvalue weighted by atomic mass is 10.2. The van der Waals surface area contributed by atoms with E-state index in [1.165, 1.54) is 26.2 Å². The minimum absolute atomic E-state index is 0.0357. The molecule has 1 N–H and O–H groups in total. The Bertz CT molecular complexity index is 473. The minimum Gasteiger partial charge on any atom is -0.431 e. The SMILES string of the molecule is COC(C)C(=O)Nc1cc(Cl)cc(Br)c1OC(F)F. The lowest BCUT2D eigenvalue weighted by Gasteiger charge is -2.16. The number of rotatable bonds is 5. The van der Waals surface area contributed by atoms with E-state index in [1.54, 1.807) is 0 Å². The average molecular weight is 359 g/mol. The number of methoxy groups -OCH3 is 1. The topological polar surface area (TPSA) is 47.6 Å². The maximum absolute atomic E-state index is 12.3. The largest absolute Gasteiger partial charge is 0.431 e. The number of carbonyl (C=O) groups excluding carboxylic acids is 1. The molecule has 0 aliphatic rings. The fourth-order valence-corrected chi connectivity index (χ4v) is 2.11. The van der Waals surface area contributed by atoms with Gasteiger partial charge in [-0.2, -0.15) is 8.78 Å². The second kappa shape index (κ2) is 7.02. The predicted octanol–water partition coefficient (Wildman–Crippen LogP) is 3.68. The Balaban J connectivity index is 3.07. The molecule has 0 fully saturated rings. The summed E-state index contributed by atoms with van der Waals surface area (Å²) in [7, 11) is 1.36. The monoisotopic (exact) mass is 357 g/mol. The number of anilines is 1. The van der Waals surface area contributed by atoms with Crippen LogP contribution < -0.4 is 10.1 Å². The van der Waals surface area contributed by atoms with Crippen molar-refractivity contribution in [3.8, 4) is 5.75 Å². The van der Waals surface area contributed by atoms with Crippen molar-refractivity contribution < 1.29 is 23.0 Å². The molecule has 0 spiro atoms. The van der Waals surface area contributed by atoms with Crippen LogP contribution >= 0.6 is 27.5 Å². The van der Waals surface area contributed by atoms with Gasteiger partial charge in [-0.3, -0.25) is 4.79 Å². The minimum atomic E-state index is -3.02. The number of hydrogen-bond donors (Lipinski definition) is 1. The van der Waals surface area contributed by atoms with Crippen molar-refractivity contribution in [2.24, 2.45) is 0 Å². The van der Waals surface area contributed by atoms with Gasteiger partial charge in [0.05, 0.1) is 10.2 Å². The quantitative estimate of drug-likeness (QED) is 0.873. The van der Waals surface area contributed by atoms with Gasteiger partial charge in [-0.15, -0.1) is 0 Å². The lowest BCUT2D eigenvalue weighted by Crippen LogP contribution is -2.27. The van der Waals surface area contributed by atoms with Gasteiger partial charge in [-0.05, 0) is 35.0 Å². The van der Waals surface area contributed by atoms with E-state index < -0.39 is 18.6 Å². The van der Waals surface area contributed by atoms with Crippen LogP contribution in [-0.4, -0.2) is 25.7 Å². The van der Waals surface area contributed by atoms with E-state index in [0.717, 1.165) is 0 Å². The molecule has 1 rings (SSSR count). The molecule has 0 aliphatic carbocycles. The summed E-state index contributed by atoms with van der Waals surface area (Å²) in [6.07, 6.45) is -0.739. The third-order valence-electron chi connectivity index (χ3n) is 2.20. The van der Waals surface area contributed by atoms with E-state index in [-0.39, 0.29) is 20.9 Å². The zero-order valence-corrected chi connectivity index (χ0v) is 12.4. The molecule has 1 atom stereocenters. The summed E-state index contributed by atoms with van der Waals surface area (Å²) < 4.78 is 34.0. The van der Waals surface area contributed by atoms with Gasteiger partial charge in [-0.25, -0.2) is 0 Å². The van der Waals surface area contributed by atoms with Gasteiger partial charge in [0.1, 0.15) is 6.10 Å². The van der Waals surface area contributed by atoms with Crippen molar-refractivity contribution in [3.05, 3.63) is 21.6 Å². The van der Waals surface area contributed by atoms with Gasteiger partial charge in [-0.1, -0.05) is 11.6 Å². The first-order valence-corrected chi connectivity index (χ1v) is 6.29. The molecule has 1 aromatic rings. The van der Waals surface area contributed by atoms with Crippen LogP contribution in [0, 0.1) is 0 Å². The van der Waals surface area contributed by atoms with Crippen LogP contribution in [0.5, 0.6) is 5.75 Å². The van der Waals surface area contributed by atoms with Gasteiger partial charge in [0.2, 0.25) is 0 Å². The van der Waals surface area contributed by atoms with Crippen LogP contribution in [0.1, 0.15) is 6.92 Å². The van der Waals surface area contributed by atoms with Crippen LogP contribution in [-0.2, 0) is 9.53 Å². The fraction of sp³-hybridized carbons (Fsp3) is 0.364. The summed E-state index contributed by atoms with van der Waals surface area (Å²) in [5, 5.41) is 2.67. The van der Waals surface area contributed by atoms with Crippen molar-refractivity contribution in [2.45, 2.75) is 19.6 Å². The molecule has 19 heavy (non-hydrogen) atoms. The number of halogens is 4. The summed E-state index contributed by atoms with van der Waals surface area (Å²) in [5.41, 5.74) is 0.0357. The molecular weight excluding hydrogens is 347 g/mol. The molecule has 4 nitrogen and oxygen atoms in total. The van der Waals surface area contributed by atoms with E-state index in [2.05, 4.69) is 26.0 Å². The second-order valence-corrected chi connectivity index (χ2v) is 4.80. The third-order valence-corrected chi connectivity index (χ3v) is 3.00. The second-order valence-electron chi connectivity index (χ2n) is 3.51. The molecule has 8 heteroatoms. The van der Waals surface area contributed by atoms with Crippen molar-refractivity contribution in [2.75, 3.05) is 12.4 Å². The maximum atomic E-state index is 12.3. The number of amides is 1. The Morgan fingerprint density at radius 1 is 1.47 bits per heavy atom. The van der Waals surface area contributed by atoms with Crippen molar-refractivity contribution in [1.82, 2.24) is 0 Å². The summed E-state index contributed by atoms with van der Waals surface area (Å²) in [5.74, 6) is -0.702. The van der Waals surface area contributed by atoms with Crippen molar-refractivity contribution in [3.63, 3.8) is 0 Å². The molecule has 1 unspecified atom stereocenters. The molecule has 0 bridgehead atoms. The van der Waals surface area contributed by atoms with E-state index in [0.29, 0.717) is 0 Å². The maximum Gasteiger partial charge on any atom is 0.387 e. The Hall–Kier alpha value is -0.920. The van der Waals surface area contributed by atoms with Crippen molar-refractivity contribution in [1.29, 1.82) is 0 Å². The van der Waals surface area contributed by atoms with Crippen LogP contribution in [0.3, 0.4) is 0 Å². The number of alkyl halides is 2. The van der Waals surface area contributed by atoms with Gasteiger partial charge < -0.3 is 14.8 Å². The Kier molecular flexibility index (Phi) is 5.96. The summed E-state index contributed by atoms with van der Waals surface area (Å²) >= 11 is 8.85. The number of benzene rings is 1. The summed E-state index contributed by atoms with van der Waals surface area (Å²) in [6, 6.07) is 2.69. The molecule has 1 amide bonds. The Labute approximate surface area is 122 Å². The molecular formula is C11H11BrClF2NO3. The zero-order valence-electron chi connectivity index (χ0n) is 10.0. The number of carbonyl (C=O) groups is 1.